The maximum absolute atomic E-state index is 13.6. The SMILES string of the molecule is O=C(Cc1ccc(O)c(O)c1)N1CCN(CCCCC2(C(=O)NCC(F)(F)F)c3ccccc3-c3ccccc32)CC1. The Bertz CT molecular complexity index is 1410. The van der Waals surface area contributed by atoms with Crippen LogP contribution in [0.1, 0.15) is 36.0 Å². The van der Waals surface area contributed by atoms with E-state index < -0.39 is 24.0 Å². The van der Waals surface area contributed by atoms with Gasteiger partial charge >= 0.3 is 6.18 Å². The van der Waals surface area contributed by atoms with E-state index in [2.05, 4.69) is 10.2 Å². The number of piperazine rings is 1. The average molecular weight is 582 g/mol. The highest BCUT2D eigenvalue weighted by Gasteiger charge is 2.49. The van der Waals surface area contributed by atoms with Crippen LogP contribution in [0.3, 0.4) is 0 Å². The number of phenolic OH excluding ortho intramolecular Hbond substituents is 2. The zero-order chi connectivity index (χ0) is 29.9. The molecule has 1 aliphatic heterocycles. The van der Waals surface area contributed by atoms with Gasteiger partial charge in [-0.1, -0.05) is 61.0 Å². The Morgan fingerprint density at radius 3 is 2.05 bits per heavy atom. The molecule has 3 aromatic carbocycles. The Labute approximate surface area is 242 Å². The third kappa shape index (κ3) is 6.09. The zero-order valence-electron chi connectivity index (χ0n) is 23.2. The maximum atomic E-state index is 13.6. The van der Waals surface area contributed by atoms with E-state index >= 15 is 0 Å². The van der Waals surface area contributed by atoms with Crippen molar-refractivity contribution in [3.63, 3.8) is 0 Å². The number of hydrogen-bond donors (Lipinski definition) is 3. The first-order valence-corrected chi connectivity index (χ1v) is 14.1. The molecule has 222 valence electrons. The summed E-state index contributed by atoms with van der Waals surface area (Å²) in [6.07, 6.45) is -2.62. The molecule has 0 aromatic heterocycles. The summed E-state index contributed by atoms with van der Waals surface area (Å²) >= 11 is 0. The van der Waals surface area contributed by atoms with Crippen molar-refractivity contribution in [2.45, 2.75) is 37.3 Å². The van der Waals surface area contributed by atoms with E-state index in [0.717, 1.165) is 35.2 Å². The summed E-state index contributed by atoms with van der Waals surface area (Å²) in [5.74, 6) is -1.17. The molecule has 1 aliphatic carbocycles. The Morgan fingerprint density at radius 1 is 0.833 bits per heavy atom. The highest BCUT2D eigenvalue weighted by Crippen LogP contribution is 2.51. The number of alkyl halides is 3. The van der Waals surface area contributed by atoms with E-state index in [1.54, 1.807) is 11.0 Å². The van der Waals surface area contributed by atoms with Crippen LogP contribution in [0.2, 0.25) is 0 Å². The number of aromatic hydroxyl groups is 2. The number of carbonyl (C=O) groups is 2. The maximum Gasteiger partial charge on any atom is 0.405 e. The molecule has 2 amide bonds. The summed E-state index contributed by atoms with van der Waals surface area (Å²) < 4.78 is 39.3. The summed E-state index contributed by atoms with van der Waals surface area (Å²) in [6, 6.07) is 19.3. The summed E-state index contributed by atoms with van der Waals surface area (Å²) in [7, 11) is 0. The van der Waals surface area contributed by atoms with Gasteiger partial charge in [-0.05, 0) is 59.3 Å². The summed E-state index contributed by atoms with van der Waals surface area (Å²) in [6.45, 7) is 1.87. The number of benzene rings is 3. The number of nitrogens with one attached hydrogen (secondary N) is 1. The lowest BCUT2D eigenvalue weighted by atomic mass is 9.73. The molecule has 1 fully saturated rings. The quantitative estimate of drug-likeness (QED) is 0.254. The van der Waals surface area contributed by atoms with Crippen molar-refractivity contribution in [3.05, 3.63) is 83.4 Å². The molecule has 0 spiro atoms. The second-order valence-electron chi connectivity index (χ2n) is 11.0. The van der Waals surface area contributed by atoms with E-state index in [1.165, 1.54) is 12.1 Å². The fraction of sp³-hybridized carbons (Fsp3) is 0.375. The third-order valence-corrected chi connectivity index (χ3v) is 8.30. The Morgan fingerprint density at radius 2 is 1.45 bits per heavy atom. The van der Waals surface area contributed by atoms with Gasteiger partial charge in [0.05, 0.1) is 6.42 Å². The molecule has 42 heavy (non-hydrogen) atoms. The summed E-state index contributed by atoms with van der Waals surface area (Å²) in [4.78, 5) is 30.4. The number of nitrogens with zero attached hydrogens (tertiary/aromatic N) is 2. The molecule has 0 unspecified atom stereocenters. The van der Waals surface area contributed by atoms with E-state index in [-0.39, 0.29) is 23.8 Å². The van der Waals surface area contributed by atoms with Gasteiger partial charge in [0, 0.05) is 26.2 Å². The van der Waals surface area contributed by atoms with Crippen molar-refractivity contribution >= 4 is 11.8 Å². The van der Waals surface area contributed by atoms with Gasteiger partial charge in [-0.2, -0.15) is 13.2 Å². The van der Waals surface area contributed by atoms with Crippen molar-refractivity contribution < 1.29 is 33.0 Å². The molecule has 1 saturated heterocycles. The predicted molar refractivity (Wildman–Crippen MR) is 152 cm³/mol. The second-order valence-corrected chi connectivity index (χ2v) is 11.0. The molecule has 2 aliphatic rings. The highest BCUT2D eigenvalue weighted by atomic mass is 19.4. The van der Waals surface area contributed by atoms with Crippen molar-refractivity contribution in [2.24, 2.45) is 0 Å². The first-order valence-electron chi connectivity index (χ1n) is 14.1. The minimum Gasteiger partial charge on any atom is -0.504 e. The smallest absolute Gasteiger partial charge is 0.405 e. The molecule has 7 nitrogen and oxygen atoms in total. The van der Waals surface area contributed by atoms with E-state index in [9.17, 15) is 33.0 Å². The van der Waals surface area contributed by atoms with Crippen LogP contribution in [-0.2, 0) is 21.4 Å². The van der Waals surface area contributed by atoms with Crippen LogP contribution < -0.4 is 5.32 Å². The Hall–Kier alpha value is -4.05. The molecule has 10 heteroatoms. The zero-order valence-corrected chi connectivity index (χ0v) is 23.2. The van der Waals surface area contributed by atoms with Gasteiger partial charge in [-0.25, -0.2) is 0 Å². The fourth-order valence-electron chi connectivity index (χ4n) is 6.20. The van der Waals surface area contributed by atoms with Crippen molar-refractivity contribution in [2.75, 3.05) is 39.3 Å². The van der Waals surface area contributed by atoms with E-state index in [1.807, 2.05) is 48.5 Å². The van der Waals surface area contributed by atoms with E-state index in [4.69, 9.17) is 0 Å². The summed E-state index contributed by atoms with van der Waals surface area (Å²) in [5.41, 5.74) is 2.64. The molecule has 0 saturated carbocycles. The van der Waals surface area contributed by atoms with Crippen LogP contribution in [0.25, 0.3) is 11.1 Å². The van der Waals surface area contributed by atoms with Gasteiger partial charge in [0.25, 0.3) is 0 Å². The normalized spacial score (nSPS) is 16.1. The lowest BCUT2D eigenvalue weighted by Gasteiger charge is -2.35. The van der Waals surface area contributed by atoms with Gasteiger partial charge in [0.1, 0.15) is 12.0 Å². The van der Waals surface area contributed by atoms with Crippen LogP contribution >= 0.6 is 0 Å². The van der Waals surface area contributed by atoms with Crippen molar-refractivity contribution in [1.82, 2.24) is 15.1 Å². The summed E-state index contributed by atoms with van der Waals surface area (Å²) in [5, 5.41) is 21.3. The molecule has 3 aromatic rings. The molecule has 3 N–H and O–H groups in total. The largest absolute Gasteiger partial charge is 0.504 e. The molecule has 0 radical (unpaired) electrons. The van der Waals surface area contributed by atoms with Crippen LogP contribution in [0.5, 0.6) is 11.5 Å². The Balaban J connectivity index is 1.20. The third-order valence-electron chi connectivity index (χ3n) is 8.30. The molecule has 0 atom stereocenters. The molecule has 0 bridgehead atoms. The monoisotopic (exact) mass is 581 g/mol. The van der Waals surface area contributed by atoms with Crippen molar-refractivity contribution in [1.29, 1.82) is 0 Å². The topological polar surface area (TPSA) is 93.1 Å². The van der Waals surface area contributed by atoms with Gasteiger partial charge in [-0.15, -0.1) is 0 Å². The number of hydrogen-bond acceptors (Lipinski definition) is 5. The minimum atomic E-state index is -4.51. The first kappa shape index (κ1) is 29.4. The molecule has 5 rings (SSSR count). The predicted octanol–water partition coefficient (Wildman–Crippen LogP) is 4.60. The first-order chi connectivity index (χ1) is 20.1. The van der Waals surface area contributed by atoms with Crippen LogP contribution in [0, 0.1) is 0 Å². The lowest BCUT2D eigenvalue weighted by molar-refractivity contribution is -0.141. The number of amides is 2. The number of fused-ring (bicyclic) bond motifs is 3. The van der Waals surface area contributed by atoms with Crippen LogP contribution in [-0.4, -0.2) is 77.3 Å². The average Bonchev–Trinajstić information content (AvgIpc) is 3.26. The second kappa shape index (κ2) is 12.1. The van der Waals surface area contributed by atoms with Gasteiger partial charge in [-0.3, -0.25) is 14.5 Å². The fourth-order valence-corrected chi connectivity index (χ4v) is 6.20. The number of carbonyl (C=O) groups excluding carboxylic acids is 2. The van der Waals surface area contributed by atoms with Gasteiger partial charge in [0.2, 0.25) is 11.8 Å². The van der Waals surface area contributed by atoms with Crippen LogP contribution in [0.15, 0.2) is 66.7 Å². The Kier molecular flexibility index (Phi) is 8.45. The number of unbranched alkanes of at least 4 members (excludes halogenated alkanes) is 1. The van der Waals surface area contributed by atoms with Gasteiger partial charge in [0.15, 0.2) is 11.5 Å². The molecular formula is C32H34F3N3O4. The number of rotatable bonds is 9. The highest BCUT2D eigenvalue weighted by molar-refractivity contribution is 6.00. The standard InChI is InChI=1S/C32H34F3N3O4/c33-32(34,35)21-36-30(42)31(25-9-3-1-7-23(25)24-8-2-4-10-26(24)31)13-5-6-14-37-15-17-38(18-16-37)29(41)20-22-11-12-27(39)28(40)19-22/h1-4,7-12,19,39-40H,5-6,13-18,20-21H2,(H,36,42). The molecular weight excluding hydrogens is 547 g/mol. The van der Waals surface area contributed by atoms with E-state index in [0.29, 0.717) is 44.6 Å². The number of halogens is 3. The number of phenols is 2. The van der Waals surface area contributed by atoms with Crippen LogP contribution in [0.4, 0.5) is 13.2 Å². The lowest BCUT2D eigenvalue weighted by Crippen LogP contribution is -2.49. The minimum absolute atomic E-state index is 0.0508. The van der Waals surface area contributed by atoms with Crippen molar-refractivity contribution in [3.8, 4) is 22.6 Å². The van der Waals surface area contributed by atoms with Gasteiger partial charge < -0.3 is 20.4 Å². The molecule has 1 heterocycles.